The molecule has 1 aliphatic heterocycles. The quantitative estimate of drug-likeness (QED) is 0.524. The number of halogens is 1. The molecular weight excluding hydrogens is 471 g/mol. The van der Waals surface area contributed by atoms with Crippen LogP contribution < -0.4 is 10.0 Å². The van der Waals surface area contributed by atoms with Crippen LogP contribution in [0.2, 0.25) is 0 Å². The van der Waals surface area contributed by atoms with Crippen LogP contribution in [0.1, 0.15) is 10.4 Å². The zero-order valence-corrected chi connectivity index (χ0v) is 19.7. The third-order valence-corrected chi connectivity index (χ3v) is 6.97. The van der Waals surface area contributed by atoms with Crippen LogP contribution in [-0.4, -0.2) is 62.8 Å². The maximum atomic E-state index is 13.3. The molecule has 0 unspecified atom stereocenters. The highest BCUT2D eigenvalue weighted by molar-refractivity contribution is 7.92. The van der Waals surface area contributed by atoms with Crippen molar-refractivity contribution in [3.05, 3.63) is 90.2 Å². The van der Waals surface area contributed by atoms with Crippen LogP contribution in [-0.2, 0) is 14.8 Å². The minimum Gasteiger partial charge on any atom is -0.336 e. The SMILES string of the molecule is O=C(CN1CCN(C(=O)c2ccc(NS(=O)(=O)c3ccccc3)cc2)CC1)Nc1cccc(F)c1. The molecule has 35 heavy (non-hydrogen) atoms. The van der Waals surface area contributed by atoms with Crippen molar-refractivity contribution in [3.63, 3.8) is 0 Å². The first kappa shape index (κ1) is 24.4. The van der Waals surface area contributed by atoms with E-state index in [2.05, 4.69) is 10.0 Å². The topological polar surface area (TPSA) is 98.8 Å². The predicted octanol–water partition coefficient (Wildman–Crippen LogP) is 3.02. The molecule has 2 N–H and O–H groups in total. The largest absolute Gasteiger partial charge is 0.336 e. The maximum Gasteiger partial charge on any atom is 0.261 e. The summed E-state index contributed by atoms with van der Waals surface area (Å²) in [4.78, 5) is 28.9. The van der Waals surface area contributed by atoms with Crippen LogP contribution in [0.3, 0.4) is 0 Å². The Morgan fingerprint density at radius 3 is 2.17 bits per heavy atom. The van der Waals surface area contributed by atoms with Crippen molar-refractivity contribution in [1.82, 2.24) is 9.80 Å². The van der Waals surface area contributed by atoms with Gasteiger partial charge in [-0.05, 0) is 54.6 Å². The molecule has 0 aliphatic carbocycles. The summed E-state index contributed by atoms with van der Waals surface area (Å²) < 4.78 is 40.7. The average Bonchev–Trinajstić information content (AvgIpc) is 2.85. The van der Waals surface area contributed by atoms with Crippen molar-refractivity contribution in [2.45, 2.75) is 4.90 Å². The van der Waals surface area contributed by atoms with Crippen LogP contribution in [0.15, 0.2) is 83.8 Å². The van der Waals surface area contributed by atoms with Gasteiger partial charge in [-0.15, -0.1) is 0 Å². The molecule has 1 saturated heterocycles. The molecule has 0 atom stereocenters. The van der Waals surface area contributed by atoms with E-state index in [1.54, 1.807) is 53.4 Å². The Hall–Kier alpha value is -3.76. The molecule has 1 aliphatic rings. The number of piperazine rings is 1. The van der Waals surface area contributed by atoms with Crippen molar-refractivity contribution < 1.29 is 22.4 Å². The van der Waals surface area contributed by atoms with Crippen LogP contribution in [0.5, 0.6) is 0 Å². The fourth-order valence-electron chi connectivity index (χ4n) is 3.76. The number of hydrogen-bond acceptors (Lipinski definition) is 5. The molecule has 0 bridgehead atoms. The number of nitrogens with one attached hydrogen (secondary N) is 2. The second-order valence-electron chi connectivity index (χ2n) is 8.12. The summed E-state index contributed by atoms with van der Waals surface area (Å²) in [5.74, 6) is -0.827. The first-order valence-electron chi connectivity index (χ1n) is 11.1. The summed E-state index contributed by atoms with van der Waals surface area (Å²) in [6, 6.07) is 20.0. The highest BCUT2D eigenvalue weighted by Crippen LogP contribution is 2.18. The Labute approximate surface area is 203 Å². The van der Waals surface area contributed by atoms with Gasteiger partial charge in [0.15, 0.2) is 0 Å². The van der Waals surface area contributed by atoms with Crippen LogP contribution >= 0.6 is 0 Å². The van der Waals surface area contributed by atoms with Gasteiger partial charge in [0.2, 0.25) is 5.91 Å². The molecule has 0 spiro atoms. The first-order chi connectivity index (χ1) is 16.8. The van der Waals surface area contributed by atoms with Crippen LogP contribution in [0, 0.1) is 5.82 Å². The number of amides is 2. The lowest BCUT2D eigenvalue weighted by molar-refractivity contribution is -0.117. The Morgan fingerprint density at radius 2 is 1.51 bits per heavy atom. The van der Waals surface area contributed by atoms with Gasteiger partial charge in [0.25, 0.3) is 15.9 Å². The normalized spacial score (nSPS) is 14.4. The molecule has 182 valence electrons. The van der Waals surface area contributed by atoms with Gasteiger partial charge in [-0.1, -0.05) is 24.3 Å². The predicted molar refractivity (Wildman–Crippen MR) is 131 cm³/mol. The molecule has 4 rings (SSSR count). The molecule has 0 saturated carbocycles. The van der Waals surface area contributed by atoms with Gasteiger partial charge in [-0.25, -0.2) is 12.8 Å². The highest BCUT2D eigenvalue weighted by Gasteiger charge is 2.23. The zero-order valence-electron chi connectivity index (χ0n) is 18.9. The number of nitrogens with zero attached hydrogens (tertiary/aromatic N) is 2. The summed E-state index contributed by atoms with van der Waals surface area (Å²) in [6.07, 6.45) is 0. The highest BCUT2D eigenvalue weighted by atomic mass is 32.2. The van der Waals surface area contributed by atoms with Crippen LogP contribution in [0.4, 0.5) is 15.8 Å². The maximum absolute atomic E-state index is 13.3. The second kappa shape index (κ2) is 10.7. The fraction of sp³-hybridized carbons (Fsp3) is 0.200. The number of rotatable bonds is 7. The van der Waals surface area contributed by atoms with E-state index in [1.807, 2.05) is 4.90 Å². The third-order valence-electron chi connectivity index (χ3n) is 5.57. The van der Waals surface area contributed by atoms with Crippen molar-refractivity contribution >= 4 is 33.2 Å². The standard InChI is InChI=1S/C25H25FN4O4S/c26-20-5-4-6-22(17-20)27-24(31)18-29-13-15-30(16-14-29)25(32)19-9-11-21(12-10-19)28-35(33,34)23-7-2-1-3-8-23/h1-12,17,28H,13-16,18H2,(H,27,31). The third kappa shape index (κ3) is 6.43. The molecule has 10 heteroatoms. The molecule has 0 radical (unpaired) electrons. The van der Waals surface area contributed by atoms with E-state index in [-0.39, 0.29) is 23.3 Å². The van der Waals surface area contributed by atoms with E-state index in [1.165, 1.54) is 30.3 Å². The lowest BCUT2D eigenvalue weighted by Crippen LogP contribution is -2.50. The van der Waals surface area contributed by atoms with Crippen LogP contribution in [0.25, 0.3) is 0 Å². The summed E-state index contributed by atoms with van der Waals surface area (Å²) in [7, 11) is -3.71. The molecule has 3 aromatic rings. The summed E-state index contributed by atoms with van der Waals surface area (Å²) >= 11 is 0. The van der Waals surface area contributed by atoms with Crippen molar-refractivity contribution in [3.8, 4) is 0 Å². The minimum atomic E-state index is -3.71. The monoisotopic (exact) mass is 496 g/mol. The van der Waals surface area contributed by atoms with Crippen molar-refractivity contribution in [2.24, 2.45) is 0 Å². The number of carbonyl (C=O) groups excluding carboxylic acids is 2. The van der Waals surface area contributed by atoms with E-state index in [4.69, 9.17) is 0 Å². The molecule has 1 fully saturated rings. The zero-order chi connectivity index (χ0) is 24.8. The number of sulfonamides is 1. The van der Waals surface area contributed by atoms with Gasteiger partial charge in [0.05, 0.1) is 11.4 Å². The van der Waals surface area contributed by atoms with Gasteiger partial charge in [0, 0.05) is 43.1 Å². The summed E-state index contributed by atoms with van der Waals surface area (Å²) in [5.41, 5.74) is 1.21. The Bertz CT molecular complexity index is 1290. The second-order valence-corrected chi connectivity index (χ2v) is 9.81. The lowest BCUT2D eigenvalue weighted by Gasteiger charge is -2.34. The Kier molecular flexibility index (Phi) is 7.42. The van der Waals surface area contributed by atoms with E-state index in [9.17, 15) is 22.4 Å². The molecular formula is C25H25FN4O4S. The van der Waals surface area contributed by atoms with Crippen molar-refractivity contribution in [2.75, 3.05) is 42.8 Å². The number of carbonyl (C=O) groups is 2. The number of anilines is 2. The van der Waals surface area contributed by atoms with E-state index in [0.717, 1.165) is 0 Å². The number of benzene rings is 3. The van der Waals surface area contributed by atoms with Gasteiger partial charge in [-0.2, -0.15) is 0 Å². The molecule has 3 aromatic carbocycles. The molecule has 1 heterocycles. The lowest BCUT2D eigenvalue weighted by atomic mass is 10.1. The molecule has 2 amide bonds. The summed E-state index contributed by atoms with van der Waals surface area (Å²) in [5, 5.41) is 2.67. The van der Waals surface area contributed by atoms with Crippen molar-refractivity contribution in [1.29, 1.82) is 0 Å². The average molecular weight is 497 g/mol. The number of hydrogen-bond donors (Lipinski definition) is 2. The smallest absolute Gasteiger partial charge is 0.261 e. The van der Waals surface area contributed by atoms with E-state index in [0.29, 0.717) is 43.1 Å². The van der Waals surface area contributed by atoms with E-state index >= 15 is 0 Å². The molecule has 0 aromatic heterocycles. The van der Waals surface area contributed by atoms with Gasteiger partial charge in [0.1, 0.15) is 5.82 Å². The first-order valence-corrected chi connectivity index (χ1v) is 12.5. The Morgan fingerprint density at radius 1 is 0.829 bits per heavy atom. The van der Waals surface area contributed by atoms with Gasteiger partial charge < -0.3 is 10.2 Å². The Balaban J connectivity index is 1.28. The fourth-order valence-corrected chi connectivity index (χ4v) is 4.84. The van der Waals surface area contributed by atoms with E-state index < -0.39 is 15.8 Å². The van der Waals surface area contributed by atoms with Gasteiger partial charge in [-0.3, -0.25) is 19.2 Å². The molecule has 8 nitrogen and oxygen atoms in total. The summed E-state index contributed by atoms with van der Waals surface area (Å²) in [6.45, 7) is 2.10. The van der Waals surface area contributed by atoms with Gasteiger partial charge >= 0.3 is 0 Å². The minimum absolute atomic E-state index is 0.148.